The number of benzene rings is 1. The Morgan fingerprint density at radius 3 is 2.68 bits per heavy atom. The van der Waals surface area contributed by atoms with Crippen LogP contribution in [0, 0.1) is 6.92 Å². The van der Waals surface area contributed by atoms with E-state index in [1.165, 1.54) is 0 Å². The van der Waals surface area contributed by atoms with Gasteiger partial charge in [-0.25, -0.2) is 0 Å². The zero-order valence-electron chi connectivity index (χ0n) is 11.0. The number of nitrogens with two attached hydrogens (primary N) is 1. The van der Waals surface area contributed by atoms with Crippen molar-refractivity contribution in [3.63, 3.8) is 0 Å². The van der Waals surface area contributed by atoms with Gasteiger partial charge in [-0.2, -0.15) is 5.10 Å². The molecule has 0 fully saturated rings. The Morgan fingerprint density at radius 2 is 2.00 bits per heavy atom. The van der Waals surface area contributed by atoms with Crippen LogP contribution in [-0.4, -0.2) is 34.8 Å². The summed E-state index contributed by atoms with van der Waals surface area (Å²) in [5.41, 5.74) is 6.38. The van der Waals surface area contributed by atoms with Crippen molar-refractivity contribution >= 4 is 22.4 Å². The summed E-state index contributed by atoms with van der Waals surface area (Å²) in [5, 5.41) is 22.1. The number of nitrogens with zero attached hydrogens (tertiary/aromatic N) is 4. The number of hydrogen-bond donors (Lipinski definition) is 2. The van der Waals surface area contributed by atoms with E-state index < -0.39 is 0 Å². The second kappa shape index (κ2) is 5.51. The summed E-state index contributed by atoms with van der Waals surface area (Å²) in [5.74, 6) is 1.00. The van der Waals surface area contributed by atoms with E-state index in [0.29, 0.717) is 13.0 Å². The molecule has 3 N–H and O–H groups in total. The maximum atomic E-state index is 8.54. The minimum Gasteiger partial charge on any atom is -0.409 e. The number of rotatable bonds is 4. The monoisotopic (exact) mass is 259 g/mol. The lowest BCUT2D eigenvalue weighted by Gasteiger charge is -2.19. The Labute approximate surface area is 111 Å². The van der Waals surface area contributed by atoms with Crippen molar-refractivity contribution in [1.29, 1.82) is 0 Å². The quantitative estimate of drug-likeness (QED) is 0.376. The van der Waals surface area contributed by atoms with Crippen molar-refractivity contribution in [1.82, 2.24) is 10.2 Å². The third kappa shape index (κ3) is 2.73. The van der Waals surface area contributed by atoms with Gasteiger partial charge in [0.1, 0.15) is 5.84 Å². The first-order valence-corrected chi connectivity index (χ1v) is 6.03. The standard InChI is InChI=1S/C13H17N5O/c1-9-10-5-3-4-6-11(10)13(16-15-9)18(2)8-7-12(14)17-19/h3-6,19H,7-8H2,1-2H3,(H2,14,17). The van der Waals surface area contributed by atoms with Gasteiger partial charge in [0, 0.05) is 30.8 Å². The van der Waals surface area contributed by atoms with Crippen molar-refractivity contribution in [2.75, 3.05) is 18.5 Å². The SMILES string of the molecule is Cc1nnc(N(C)CC/C(N)=N/O)c2ccccc12. The van der Waals surface area contributed by atoms with Crippen LogP contribution in [0.3, 0.4) is 0 Å². The first-order valence-electron chi connectivity index (χ1n) is 6.03. The number of oxime groups is 1. The minimum atomic E-state index is 0.205. The zero-order chi connectivity index (χ0) is 13.8. The highest BCUT2D eigenvalue weighted by molar-refractivity contribution is 5.93. The van der Waals surface area contributed by atoms with Crippen molar-refractivity contribution < 1.29 is 5.21 Å². The van der Waals surface area contributed by atoms with Crippen molar-refractivity contribution in [3.8, 4) is 0 Å². The molecule has 6 nitrogen and oxygen atoms in total. The normalized spacial score (nSPS) is 11.8. The second-order valence-electron chi connectivity index (χ2n) is 4.42. The van der Waals surface area contributed by atoms with Gasteiger partial charge in [-0.15, -0.1) is 5.10 Å². The van der Waals surface area contributed by atoms with Crippen molar-refractivity contribution in [3.05, 3.63) is 30.0 Å². The topological polar surface area (TPSA) is 87.6 Å². The predicted octanol–water partition coefficient (Wildman–Crippen LogP) is 1.51. The zero-order valence-corrected chi connectivity index (χ0v) is 11.0. The fraction of sp³-hybridized carbons (Fsp3) is 0.308. The number of aryl methyl sites for hydroxylation is 1. The van der Waals surface area contributed by atoms with E-state index in [2.05, 4.69) is 15.4 Å². The van der Waals surface area contributed by atoms with Gasteiger partial charge in [0.15, 0.2) is 5.82 Å². The van der Waals surface area contributed by atoms with Crippen LogP contribution < -0.4 is 10.6 Å². The average Bonchev–Trinajstić information content (AvgIpc) is 2.45. The highest BCUT2D eigenvalue weighted by Crippen LogP contribution is 2.24. The maximum absolute atomic E-state index is 8.54. The van der Waals surface area contributed by atoms with Crippen LogP contribution in [-0.2, 0) is 0 Å². The van der Waals surface area contributed by atoms with E-state index in [4.69, 9.17) is 10.9 Å². The van der Waals surface area contributed by atoms with Crippen LogP contribution in [0.15, 0.2) is 29.4 Å². The van der Waals surface area contributed by atoms with Gasteiger partial charge in [0.25, 0.3) is 0 Å². The summed E-state index contributed by atoms with van der Waals surface area (Å²) in [4.78, 5) is 1.95. The lowest BCUT2D eigenvalue weighted by molar-refractivity contribution is 0.317. The lowest BCUT2D eigenvalue weighted by atomic mass is 10.1. The molecule has 0 radical (unpaired) electrons. The highest BCUT2D eigenvalue weighted by Gasteiger charge is 2.10. The summed E-state index contributed by atoms with van der Waals surface area (Å²) in [6.45, 7) is 2.55. The van der Waals surface area contributed by atoms with Gasteiger partial charge in [-0.05, 0) is 6.92 Å². The molecule has 2 aromatic rings. The molecule has 0 spiro atoms. The molecule has 0 saturated carbocycles. The van der Waals surface area contributed by atoms with Gasteiger partial charge < -0.3 is 15.8 Å². The van der Waals surface area contributed by atoms with E-state index in [1.807, 2.05) is 43.1 Å². The van der Waals surface area contributed by atoms with Gasteiger partial charge in [-0.3, -0.25) is 0 Å². The molecule has 0 aliphatic heterocycles. The molecule has 1 aromatic heterocycles. The molecule has 19 heavy (non-hydrogen) atoms. The first-order chi connectivity index (χ1) is 9.13. The highest BCUT2D eigenvalue weighted by atomic mass is 16.4. The van der Waals surface area contributed by atoms with Gasteiger partial charge in [0.05, 0.1) is 5.69 Å². The molecule has 0 aliphatic carbocycles. The first kappa shape index (κ1) is 13.1. The van der Waals surface area contributed by atoms with Crippen LogP contribution >= 0.6 is 0 Å². The van der Waals surface area contributed by atoms with Gasteiger partial charge >= 0.3 is 0 Å². The second-order valence-corrected chi connectivity index (χ2v) is 4.42. The Morgan fingerprint density at radius 1 is 1.32 bits per heavy atom. The van der Waals surface area contributed by atoms with E-state index in [9.17, 15) is 0 Å². The molecule has 0 saturated heterocycles. The molecule has 100 valence electrons. The Bertz CT molecular complexity index is 611. The summed E-state index contributed by atoms with van der Waals surface area (Å²) in [6.07, 6.45) is 0.469. The van der Waals surface area contributed by atoms with E-state index in [-0.39, 0.29) is 5.84 Å². The smallest absolute Gasteiger partial charge is 0.158 e. The predicted molar refractivity (Wildman–Crippen MR) is 75.6 cm³/mol. The van der Waals surface area contributed by atoms with Crippen molar-refractivity contribution in [2.24, 2.45) is 10.9 Å². The summed E-state index contributed by atoms with van der Waals surface area (Å²) >= 11 is 0. The van der Waals surface area contributed by atoms with Crippen LogP contribution in [0.25, 0.3) is 10.8 Å². The molecule has 0 bridgehead atoms. The number of fused-ring (bicyclic) bond motifs is 1. The molecular formula is C13H17N5O. The third-order valence-corrected chi connectivity index (χ3v) is 3.05. The average molecular weight is 259 g/mol. The number of aromatic nitrogens is 2. The van der Waals surface area contributed by atoms with Crippen LogP contribution in [0.5, 0.6) is 0 Å². The van der Waals surface area contributed by atoms with Gasteiger partial charge in [-0.1, -0.05) is 29.4 Å². The Balaban J connectivity index is 2.32. The fourth-order valence-electron chi connectivity index (χ4n) is 1.94. The minimum absolute atomic E-state index is 0.205. The van der Waals surface area contributed by atoms with Gasteiger partial charge in [0.2, 0.25) is 0 Å². The number of amidine groups is 1. The van der Waals surface area contributed by atoms with Crippen LogP contribution in [0.2, 0.25) is 0 Å². The molecule has 0 unspecified atom stereocenters. The Hall–Kier alpha value is -2.37. The Kier molecular flexibility index (Phi) is 3.79. The summed E-state index contributed by atoms with van der Waals surface area (Å²) in [6, 6.07) is 8.01. The summed E-state index contributed by atoms with van der Waals surface area (Å²) < 4.78 is 0. The molecule has 1 heterocycles. The number of anilines is 1. The molecule has 6 heteroatoms. The molecule has 0 aliphatic rings. The fourth-order valence-corrected chi connectivity index (χ4v) is 1.94. The largest absolute Gasteiger partial charge is 0.409 e. The number of hydrogen-bond acceptors (Lipinski definition) is 5. The van der Waals surface area contributed by atoms with E-state index >= 15 is 0 Å². The van der Waals surface area contributed by atoms with E-state index in [1.54, 1.807) is 0 Å². The van der Waals surface area contributed by atoms with Crippen molar-refractivity contribution in [2.45, 2.75) is 13.3 Å². The molecular weight excluding hydrogens is 242 g/mol. The van der Waals surface area contributed by atoms with Crippen LogP contribution in [0.4, 0.5) is 5.82 Å². The molecule has 2 rings (SSSR count). The van der Waals surface area contributed by atoms with Crippen LogP contribution in [0.1, 0.15) is 12.1 Å². The van der Waals surface area contributed by atoms with E-state index in [0.717, 1.165) is 22.3 Å². The molecule has 0 atom stereocenters. The molecule has 0 amide bonds. The maximum Gasteiger partial charge on any atom is 0.158 e. The molecule has 1 aromatic carbocycles. The lowest BCUT2D eigenvalue weighted by Crippen LogP contribution is -2.25. The third-order valence-electron chi connectivity index (χ3n) is 3.05. The summed E-state index contributed by atoms with van der Waals surface area (Å²) in [7, 11) is 1.91.